The highest BCUT2D eigenvalue weighted by Crippen LogP contribution is 2.23. The van der Waals surface area contributed by atoms with Crippen LogP contribution in [0.2, 0.25) is 0 Å². The zero-order valence-corrected chi connectivity index (χ0v) is 16.3. The Morgan fingerprint density at radius 3 is 2.26 bits per heavy atom. The number of nitrogens with one attached hydrogen (secondary N) is 1. The average Bonchev–Trinajstić information content (AvgIpc) is 2.61. The predicted octanol–water partition coefficient (Wildman–Crippen LogP) is 2.64. The van der Waals surface area contributed by atoms with E-state index in [-0.39, 0.29) is 16.1 Å². The molecule has 9 heteroatoms. The summed E-state index contributed by atoms with van der Waals surface area (Å²) < 4.78 is 25.3. The Hall–Kier alpha value is -2.78. The Bertz CT molecular complexity index is 969. The molecule has 2 aromatic carbocycles. The number of sulfonamides is 1. The number of rotatable bonds is 6. The van der Waals surface area contributed by atoms with Gasteiger partial charge >= 0.3 is 0 Å². The quantitative estimate of drug-likeness (QED) is 0.601. The minimum absolute atomic E-state index is 0.117. The van der Waals surface area contributed by atoms with Gasteiger partial charge in [-0.15, -0.1) is 0 Å². The van der Waals surface area contributed by atoms with Crippen molar-refractivity contribution in [1.29, 1.82) is 0 Å². The van der Waals surface area contributed by atoms with E-state index < -0.39 is 26.9 Å². The molecule has 0 saturated carbocycles. The minimum atomic E-state index is -3.52. The second-order valence-corrected chi connectivity index (χ2v) is 8.41. The predicted molar refractivity (Wildman–Crippen MR) is 101 cm³/mol. The third kappa shape index (κ3) is 4.32. The first kappa shape index (κ1) is 20.5. The molecule has 8 nitrogen and oxygen atoms in total. The van der Waals surface area contributed by atoms with E-state index in [0.717, 1.165) is 4.31 Å². The molecule has 0 bridgehead atoms. The van der Waals surface area contributed by atoms with Gasteiger partial charge in [0.25, 0.3) is 11.6 Å². The lowest BCUT2D eigenvalue weighted by atomic mass is 10.0. The summed E-state index contributed by atoms with van der Waals surface area (Å²) in [6.07, 6.45) is 0. The Kier molecular flexibility index (Phi) is 5.97. The van der Waals surface area contributed by atoms with Crippen molar-refractivity contribution in [2.75, 3.05) is 14.1 Å². The van der Waals surface area contributed by atoms with E-state index in [0.29, 0.717) is 11.1 Å². The van der Waals surface area contributed by atoms with Crippen LogP contribution in [0.4, 0.5) is 5.69 Å². The van der Waals surface area contributed by atoms with E-state index in [9.17, 15) is 23.3 Å². The standard InChI is InChI=1S/C18H21N3O5S/c1-12-16(6-5-7-17(12)21(23)24)18(22)19-13(2)14-8-10-15(11-9-14)27(25,26)20(3)4/h5-11,13H,1-4H3,(H,19,22). The molecule has 0 aromatic heterocycles. The molecule has 27 heavy (non-hydrogen) atoms. The minimum Gasteiger partial charge on any atom is -0.346 e. The van der Waals surface area contributed by atoms with Crippen LogP contribution < -0.4 is 5.32 Å². The Balaban J connectivity index is 2.20. The zero-order valence-electron chi connectivity index (χ0n) is 15.5. The van der Waals surface area contributed by atoms with Crippen molar-refractivity contribution in [1.82, 2.24) is 9.62 Å². The lowest BCUT2D eigenvalue weighted by Crippen LogP contribution is -2.27. The number of nitro benzene ring substituents is 1. The highest BCUT2D eigenvalue weighted by atomic mass is 32.2. The van der Waals surface area contributed by atoms with E-state index in [2.05, 4.69) is 5.32 Å². The number of benzene rings is 2. The van der Waals surface area contributed by atoms with E-state index in [1.165, 1.54) is 51.4 Å². The molecule has 1 unspecified atom stereocenters. The van der Waals surface area contributed by atoms with Crippen molar-refractivity contribution in [3.05, 3.63) is 69.3 Å². The number of carbonyl (C=O) groups is 1. The third-order valence-electron chi connectivity index (χ3n) is 4.25. The SMILES string of the molecule is Cc1c(C(=O)NC(C)c2ccc(S(=O)(=O)N(C)C)cc2)cccc1[N+](=O)[O-]. The van der Waals surface area contributed by atoms with Crippen LogP contribution >= 0.6 is 0 Å². The third-order valence-corrected chi connectivity index (χ3v) is 6.08. The molecule has 0 aliphatic heterocycles. The molecule has 1 atom stereocenters. The smallest absolute Gasteiger partial charge is 0.273 e. The molecule has 0 fully saturated rings. The number of amides is 1. The summed E-state index contributed by atoms with van der Waals surface area (Å²) in [7, 11) is -0.618. The average molecular weight is 391 g/mol. The van der Waals surface area contributed by atoms with Crippen LogP contribution in [-0.2, 0) is 10.0 Å². The fourth-order valence-corrected chi connectivity index (χ4v) is 3.47. The Labute approximate surface area is 158 Å². The topological polar surface area (TPSA) is 110 Å². The van der Waals surface area contributed by atoms with Crippen LogP contribution in [0.15, 0.2) is 47.4 Å². The maximum absolute atomic E-state index is 12.5. The van der Waals surface area contributed by atoms with E-state index >= 15 is 0 Å². The Morgan fingerprint density at radius 1 is 1.15 bits per heavy atom. The molecule has 0 heterocycles. The maximum atomic E-state index is 12.5. The number of nitro groups is 1. The molecule has 0 spiro atoms. The van der Waals surface area contributed by atoms with Gasteiger partial charge in [-0.25, -0.2) is 12.7 Å². The molecule has 0 aliphatic carbocycles. The molecule has 2 rings (SSSR count). The van der Waals surface area contributed by atoms with Gasteiger partial charge in [0.2, 0.25) is 10.0 Å². The first-order valence-electron chi connectivity index (χ1n) is 8.13. The van der Waals surface area contributed by atoms with E-state index in [1.54, 1.807) is 19.1 Å². The first-order chi connectivity index (χ1) is 12.6. The van der Waals surface area contributed by atoms with Gasteiger partial charge in [-0.1, -0.05) is 18.2 Å². The summed E-state index contributed by atoms with van der Waals surface area (Å²) in [4.78, 5) is 23.2. The lowest BCUT2D eigenvalue weighted by Gasteiger charge is -2.16. The number of hydrogen-bond acceptors (Lipinski definition) is 5. The van der Waals surface area contributed by atoms with Gasteiger partial charge in [0.15, 0.2) is 0 Å². The van der Waals surface area contributed by atoms with Crippen LogP contribution in [0.3, 0.4) is 0 Å². The summed E-state index contributed by atoms with van der Waals surface area (Å²) >= 11 is 0. The summed E-state index contributed by atoms with van der Waals surface area (Å²) in [6.45, 7) is 3.28. The van der Waals surface area contributed by atoms with Crippen molar-refractivity contribution in [2.45, 2.75) is 24.8 Å². The molecular formula is C18H21N3O5S. The van der Waals surface area contributed by atoms with Gasteiger partial charge in [0.1, 0.15) is 0 Å². The molecule has 1 amide bonds. The molecule has 0 radical (unpaired) electrons. The largest absolute Gasteiger partial charge is 0.346 e. The van der Waals surface area contributed by atoms with Crippen molar-refractivity contribution in [2.24, 2.45) is 0 Å². The maximum Gasteiger partial charge on any atom is 0.273 e. The van der Waals surface area contributed by atoms with Crippen LogP contribution in [0.5, 0.6) is 0 Å². The van der Waals surface area contributed by atoms with Crippen molar-refractivity contribution < 1.29 is 18.1 Å². The highest BCUT2D eigenvalue weighted by Gasteiger charge is 2.20. The van der Waals surface area contributed by atoms with Crippen molar-refractivity contribution in [3.8, 4) is 0 Å². The van der Waals surface area contributed by atoms with Crippen LogP contribution in [0, 0.1) is 17.0 Å². The fraction of sp³-hybridized carbons (Fsp3) is 0.278. The van der Waals surface area contributed by atoms with Crippen molar-refractivity contribution >= 4 is 21.6 Å². The lowest BCUT2D eigenvalue weighted by molar-refractivity contribution is -0.385. The van der Waals surface area contributed by atoms with E-state index in [1.807, 2.05) is 0 Å². The second kappa shape index (κ2) is 7.85. The Morgan fingerprint density at radius 2 is 1.74 bits per heavy atom. The van der Waals surface area contributed by atoms with Gasteiger partial charge < -0.3 is 5.32 Å². The number of carbonyl (C=O) groups excluding carboxylic acids is 1. The van der Waals surface area contributed by atoms with Crippen molar-refractivity contribution in [3.63, 3.8) is 0 Å². The van der Waals surface area contributed by atoms with Crippen LogP contribution in [0.1, 0.15) is 34.5 Å². The number of nitrogens with zero attached hydrogens (tertiary/aromatic N) is 2. The van der Waals surface area contributed by atoms with Gasteiger partial charge in [-0.2, -0.15) is 0 Å². The fourth-order valence-electron chi connectivity index (χ4n) is 2.56. The molecule has 144 valence electrons. The monoisotopic (exact) mass is 391 g/mol. The van der Waals surface area contributed by atoms with Gasteiger partial charge in [-0.3, -0.25) is 14.9 Å². The molecule has 0 aliphatic rings. The van der Waals surface area contributed by atoms with E-state index in [4.69, 9.17) is 0 Å². The molecule has 1 N–H and O–H groups in total. The van der Waals surface area contributed by atoms with Gasteiger partial charge in [0.05, 0.1) is 15.9 Å². The normalized spacial score (nSPS) is 12.6. The zero-order chi connectivity index (χ0) is 20.4. The summed E-state index contributed by atoms with van der Waals surface area (Å²) in [5.74, 6) is -0.436. The summed E-state index contributed by atoms with van der Waals surface area (Å²) in [6, 6.07) is 10.1. The summed E-state index contributed by atoms with van der Waals surface area (Å²) in [5, 5.41) is 13.8. The van der Waals surface area contributed by atoms with Gasteiger partial charge in [0, 0.05) is 31.3 Å². The summed E-state index contributed by atoms with van der Waals surface area (Å²) in [5.41, 5.74) is 1.11. The molecular weight excluding hydrogens is 370 g/mol. The second-order valence-electron chi connectivity index (χ2n) is 6.26. The highest BCUT2D eigenvalue weighted by molar-refractivity contribution is 7.89. The van der Waals surface area contributed by atoms with Crippen LogP contribution in [0.25, 0.3) is 0 Å². The molecule has 0 saturated heterocycles. The van der Waals surface area contributed by atoms with Gasteiger partial charge in [-0.05, 0) is 37.6 Å². The molecule has 2 aromatic rings. The number of hydrogen-bond donors (Lipinski definition) is 1. The first-order valence-corrected chi connectivity index (χ1v) is 9.57. The van der Waals surface area contributed by atoms with Crippen LogP contribution in [-0.4, -0.2) is 37.6 Å².